The van der Waals surface area contributed by atoms with Gasteiger partial charge in [-0.05, 0) is 19.1 Å². The van der Waals surface area contributed by atoms with Gasteiger partial charge in [-0.15, -0.1) is 10.2 Å². The van der Waals surface area contributed by atoms with Gasteiger partial charge < -0.3 is 10.2 Å². The van der Waals surface area contributed by atoms with Crippen LogP contribution in [0.2, 0.25) is 0 Å². The first-order chi connectivity index (χ1) is 8.15. The molecular weight excluding hydrogens is 222 g/mol. The minimum atomic E-state index is -1.03. The number of carboxylic acids is 1. The number of rotatable bonds is 3. The number of benzene rings is 1. The fraction of sp³-hybridized carbons (Fsp3) is 0.182. The summed E-state index contributed by atoms with van der Waals surface area (Å²) in [5.41, 5.74) is 0.594. The summed E-state index contributed by atoms with van der Waals surface area (Å²) in [6, 6.07) is 6.52. The molecule has 0 saturated heterocycles. The van der Waals surface area contributed by atoms with Crippen LogP contribution in [0, 0.1) is 6.92 Å². The SMILES string of the molecule is Cc1nnc(CO)n1-c1ccccc1C(=O)O. The summed E-state index contributed by atoms with van der Waals surface area (Å²) in [6.07, 6.45) is 0. The van der Waals surface area contributed by atoms with Gasteiger partial charge in [-0.1, -0.05) is 12.1 Å². The van der Waals surface area contributed by atoms with E-state index in [1.807, 2.05) is 0 Å². The van der Waals surface area contributed by atoms with Crippen molar-refractivity contribution >= 4 is 5.97 Å². The van der Waals surface area contributed by atoms with E-state index in [9.17, 15) is 4.79 Å². The van der Waals surface area contributed by atoms with Crippen molar-refractivity contribution < 1.29 is 15.0 Å². The van der Waals surface area contributed by atoms with Crippen LogP contribution in [0.1, 0.15) is 22.0 Å². The molecule has 6 nitrogen and oxygen atoms in total. The van der Waals surface area contributed by atoms with Gasteiger partial charge in [0.25, 0.3) is 0 Å². The van der Waals surface area contributed by atoms with Crippen LogP contribution in [0.5, 0.6) is 0 Å². The standard InChI is InChI=1S/C11H11N3O3/c1-7-12-13-10(6-15)14(7)9-5-3-2-4-8(9)11(16)17/h2-5,15H,6H2,1H3,(H,16,17). The number of hydrogen-bond donors (Lipinski definition) is 2. The summed E-state index contributed by atoms with van der Waals surface area (Å²) in [6.45, 7) is 1.40. The average Bonchev–Trinajstić information content (AvgIpc) is 2.70. The van der Waals surface area contributed by atoms with Crippen LogP contribution in [0.15, 0.2) is 24.3 Å². The Labute approximate surface area is 97.2 Å². The largest absolute Gasteiger partial charge is 0.478 e. The first-order valence-electron chi connectivity index (χ1n) is 4.99. The predicted molar refractivity (Wildman–Crippen MR) is 59.0 cm³/mol. The van der Waals surface area contributed by atoms with Gasteiger partial charge in [0.2, 0.25) is 0 Å². The van der Waals surface area contributed by atoms with E-state index in [2.05, 4.69) is 10.2 Å². The maximum absolute atomic E-state index is 11.1. The fourth-order valence-corrected chi connectivity index (χ4v) is 1.67. The molecule has 2 aromatic rings. The lowest BCUT2D eigenvalue weighted by atomic mass is 10.1. The van der Waals surface area contributed by atoms with E-state index in [1.165, 1.54) is 10.6 Å². The van der Waals surface area contributed by atoms with E-state index >= 15 is 0 Å². The maximum Gasteiger partial charge on any atom is 0.337 e. The van der Waals surface area contributed by atoms with E-state index in [-0.39, 0.29) is 12.2 Å². The Bertz CT molecular complexity index is 563. The van der Waals surface area contributed by atoms with Gasteiger partial charge in [-0.3, -0.25) is 4.57 Å². The second-order valence-corrected chi connectivity index (χ2v) is 3.48. The Morgan fingerprint density at radius 1 is 1.35 bits per heavy atom. The molecule has 0 amide bonds. The van der Waals surface area contributed by atoms with Gasteiger partial charge in [0, 0.05) is 0 Å². The normalized spacial score (nSPS) is 10.5. The smallest absolute Gasteiger partial charge is 0.337 e. The molecule has 1 aromatic heterocycles. The van der Waals surface area contributed by atoms with Crippen molar-refractivity contribution in [1.29, 1.82) is 0 Å². The van der Waals surface area contributed by atoms with Crippen LogP contribution in [0.4, 0.5) is 0 Å². The third-order valence-electron chi connectivity index (χ3n) is 2.41. The molecule has 0 aliphatic carbocycles. The molecule has 0 atom stereocenters. The van der Waals surface area contributed by atoms with Crippen LogP contribution >= 0.6 is 0 Å². The Hall–Kier alpha value is -2.21. The monoisotopic (exact) mass is 233 g/mol. The lowest BCUT2D eigenvalue weighted by molar-refractivity contribution is 0.0697. The molecule has 17 heavy (non-hydrogen) atoms. The van der Waals surface area contributed by atoms with Crippen LogP contribution in [-0.4, -0.2) is 30.9 Å². The lowest BCUT2D eigenvalue weighted by Crippen LogP contribution is -2.09. The Morgan fingerprint density at radius 3 is 2.71 bits per heavy atom. The Kier molecular flexibility index (Phi) is 2.88. The van der Waals surface area contributed by atoms with Crippen LogP contribution < -0.4 is 0 Å². The predicted octanol–water partition coefficient (Wildman–Crippen LogP) is 0.766. The summed E-state index contributed by atoms with van der Waals surface area (Å²) in [5.74, 6) is -0.184. The molecule has 1 heterocycles. The van der Waals surface area contributed by atoms with Gasteiger partial charge in [0.05, 0.1) is 11.3 Å². The number of para-hydroxylation sites is 1. The molecular formula is C11H11N3O3. The van der Waals surface area contributed by atoms with E-state index < -0.39 is 5.97 Å². The van der Waals surface area contributed by atoms with Gasteiger partial charge in [0.15, 0.2) is 5.82 Å². The number of carbonyl (C=O) groups is 1. The summed E-state index contributed by atoms with van der Waals surface area (Å²) in [5, 5.41) is 25.9. The second-order valence-electron chi connectivity index (χ2n) is 3.48. The summed E-state index contributed by atoms with van der Waals surface area (Å²) in [7, 11) is 0. The highest BCUT2D eigenvalue weighted by atomic mass is 16.4. The molecule has 0 aliphatic heterocycles. The highest BCUT2D eigenvalue weighted by molar-refractivity contribution is 5.92. The second kappa shape index (κ2) is 4.34. The summed E-state index contributed by atoms with van der Waals surface area (Å²) >= 11 is 0. The molecule has 6 heteroatoms. The number of carboxylic acid groups (broad SMARTS) is 1. The topological polar surface area (TPSA) is 88.2 Å². The Morgan fingerprint density at radius 2 is 2.06 bits per heavy atom. The van der Waals surface area contributed by atoms with Crippen molar-refractivity contribution in [2.75, 3.05) is 0 Å². The van der Waals surface area contributed by atoms with E-state index in [4.69, 9.17) is 10.2 Å². The van der Waals surface area contributed by atoms with Crippen molar-refractivity contribution in [3.8, 4) is 5.69 Å². The van der Waals surface area contributed by atoms with E-state index in [0.717, 1.165) is 0 Å². The number of nitrogens with zero attached hydrogens (tertiary/aromatic N) is 3. The molecule has 1 aromatic carbocycles. The van der Waals surface area contributed by atoms with E-state index in [1.54, 1.807) is 25.1 Å². The molecule has 88 valence electrons. The minimum Gasteiger partial charge on any atom is -0.478 e. The zero-order chi connectivity index (χ0) is 12.4. The number of aryl methyl sites for hydroxylation is 1. The van der Waals surface area contributed by atoms with Crippen molar-refractivity contribution in [1.82, 2.24) is 14.8 Å². The van der Waals surface area contributed by atoms with Crippen molar-refractivity contribution in [2.24, 2.45) is 0 Å². The molecule has 0 spiro atoms. The molecule has 0 bridgehead atoms. The fourth-order valence-electron chi connectivity index (χ4n) is 1.67. The number of aromatic nitrogens is 3. The first-order valence-corrected chi connectivity index (χ1v) is 4.99. The molecule has 0 aliphatic rings. The average molecular weight is 233 g/mol. The number of aliphatic hydroxyl groups is 1. The lowest BCUT2D eigenvalue weighted by Gasteiger charge is -2.10. The third kappa shape index (κ3) is 1.90. The number of aromatic carboxylic acids is 1. The number of aliphatic hydroxyl groups excluding tert-OH is 1. The van der Waals surface area contributed by atoms with Crippen LogP contribution in [-0.2, 0) is 6.61 Å². The van der Waals surface area contributed by atoms with Gasteiger partial charge >= 0.3 is 5.97 Å². The molecule has 2 N–H and O–H groups in total. The maximum atomic E-state index is 11.1. The third-order valence-corrected chi connectivity index (χ3v) is 2.41. The Balaban J connectivity index is 2.68. The molecule has 0 unspecified atom stereocenters. The van der Waals surface area contributed by atoms with E-state index in [0.29, 0.717) is 17.3 Å². The van der Waals surface area contributed by atoms with Gasteiger partial charge in [0.1, 0.15) is 12.4 Å². The van der Waals surface area contributed by atoms with Gasteiger partial charge in [-0.25, -0.2) is 4.79 Å². The summed E-state index contributed by atoms with van der Waals surface area (Å²) in [4.78, 5) is 11.1. The highest BCUT2D eigenvalue weighted by Crippen LogP contribution is 2.17. The first kappa shape index (κ1) is 11.3. The van der Waals surface area contributed by atoms with Gasteiger partial charge in [-0.2, -0.15) is 0 Å². The van der Waals surface area contributed by atoms with Crippen molar-refractivity contribution in [2.45, 2.75) is 13.5 Å². The molecule has 0 fully saturated rings. The molecule has 0 saturated carbocycles. The van der Waals surface area contributed by atoms with Crippen molar-refractivity contribution in [3.63, 3.8) is 0 Å². The minimum absolute atomic E-state index is 0.144. The zero-order valence-electron chi connectivity index (χ0n) is 9.16. The molecule has 2 rings (SSSR count). The quantitative estimate of drug-likeness (QED) is 0.817. The van der Waals surface area contributed by atoms with Crippen LogP contribution in [0.3, 0.4) is 0 Å². The highest BCUT2D eigenvalue weighted by Gasteiger charge is 2.16. The molecule has 0 radical (unpaired) electrons. The zero-order valence-corrected chi connectivity index (χ0v) is 9.16. The van der Waals surface area contributed by atoms with Crippen LogP contribution in [0.25, 0.3) is 5.69 Å². The van der Waals surface area contributed by atoms with Crippen molar-refractivity contribution in [3.05, 3.63) is 41.5 Å². The summed E-state index contributed by atoms with van der Waals surface area (Å²) < 4.78 is 1.53. The number of hydrogen-bond acceptors (Lipinski definition) is 4.